The maximum absolute atomic E-state index is 12.2. The third kappa shape index (κ3) is 6.07. The van der Waals surface area contributed by atoms with Crippen LogP contribution in [0.2, 0.25) is 0 Å². The Morgan fingerprint density at radius 2 is 1.63 bits per heavy atom. The first-order chi connectivity index (χ1) is 14.5. The molecule has 0 aliphatic rings. The van der Waals surface area contributed by atoms with Gasteiger partial charge >= 0.3 is 0 Å². The van der Waals surface area contributed by atoms with Crippen molar-refractivity contribution in [2.24, 2.45) is 0 Å². The topological polar surface area (TPSA) is 100 Å². The van der Waals surface area contributed by atoms with Gasteiger partial charge in [0.05, 0.1) is 6.26 Å². The molecule has 1 heterocycles. The number of hydrogen-bond donors (Lipinski definition) is 3. The highest BCUT2D eigenvalue weighted by Gasteiger charge is 2.13. The molecular formula is C23H23N3O4. The van der Waals surface area contributed by atoms with E-state index in [0.717, 1.165) is 5.56 Å². The summed E-state index contributed by atoms with van der Waals surface area (Å²) in [6.45, 7) is 2.14. The second-order valence-electron chi connectivity index (χ2n) is 6.85. The number of carbonyl (C=O) groups is 3. The molecule has 0 fully saturated rings. The molecule has 3 N–H and O–H groups in total. The van der Waals surface area contributed by atoms with E-state index in [1.807, 2.05) is 18.2 Å². The Kier molecular flexibility index (Phi) is 7.00. The molecule has 1 aromatic heterocycles. The summed E-state index contributed by atoms with van der Waals surface area (Å²) in [5.74, 6) is -0.457. The molecule has 1 unspecified atom stereocenters. The summed E-state index contributed by atoms with van der Waals surface area (Å²) in [6.07, 6.45) is 1.62. The van der Waals surface area contributed by atoms with Crippen LogP contribution in [0.5, 0.6) is 0 Å². The van der Waals surface area contributed by atoms with Crippen LogP contribution in [-0.2, 0) is 11.3 Å². The molecule has 30 heavy (non-hydrogen) atoms. The lowest BCUT2D eigenvalue weighted by atomic mass is 10.1. The Bertz CT molecular complexity index is 983. The summed E-state index contributed by atoms with van der Waals surface area (Å²) in [4.78, 5) is 36.2. The third-order valence-corrected chi connectivity index (χ3v) is 4.35. The van der Waals surface area contributed by atoms with Crippen molar-refractivity contribution < 1.29 is 18.8 Å². The fourth-order valence-electron chi connectivity index (χ4n) is 2.80. The van der Waals surface area contributed by atoms with Gasteiger partial charge in [0.2, 0.25) is 5.91 Å². The molecule has 0 radical (unpaired) electrons. The number of rotatable bonds is 8. The lowest BCUT2D eigenvalue weighted by Gasteiger charge is -2.14. The first kappa shape index (κ1) is 20.9. The van der Waals surface area contributed by atoms with Crippen molar-refractivity contribution in [1.29, 1.82) is 0 Å². The fraction of sp³-hybridized carbons (Fsp3) is 0.174. The molecule has 0 saturated heterocycles. The molecule has 0 aliphatic carbocycles. The Labute approximate surface area is 174 Å². The lowest BCUT2D eigenvalue weighted by molar-refractivity contribution is -0.121. The second-order valence-corrected chi connectivity index (χ2v) is 6.85. The Hall–Kier alpha value is -3.87. The molecule has 3 aromatic rings. The number of amides is 3. The predicted octanol–water partition coefficient (Wildman–Crippen LogP) is 3.36. The van der Waals surface area contributed by atoms with Crippen LogP contribution in [0.4, 0.5) is 5.69 Å². The summed E-state index contributed by atoms with van der Waals surface area (Å²) in [5.41, 5.74) is 2.08. The molecule has 154 valence electrons. The lowest BCUT2D eigenvalue weighted by Crippen LogP contribution is -2.37. The number of carbonyl (C=O) groups excluding carboxylic acids is 3. The Balaban J connectivity index is 1.42. The summed E-state index contributed by atoms with van der Waals surface area (Å²) in [6, 6.07) is 19.0. The van der Waals surface area contributed by atoms with E-state index < -0.39 is 0 Å². The van der Waals surface area contributed by atoms with Crippen LogP contribution in [-0.4, -0.2) is 23.8 Å². The van der Waals surface area contributed by atoms with Gasteiger partial charge in [-0.25, -0.2) is 0 Å². The van der Waals surface area contributed by atoms with Crippen molar-refractivity contribution in [1.82, 2.24) is 10.6 Å². The van der Waals surface area contributed by atoms with Gasteiger partial charge in [-0.15, -0.1) is 0 Å². The van der Waals surface area contributed by atoms with Crippen molar-refractivity contribution in [2.45, 2.75) is 25.9 Å². The SMILES string of the molecule is CC(CC(=O)NCc1ccc(NC(=O)c2ccco2)cc1)NC(=O)c1ccccc1. The maximum Gasteiger partial charge on any atom is 0.291 e. The van der Waals surface area contributed by atoms with E-state index in [0.29, 0.717) is 17.8 Å². The van der Waals surface area contributed by atoms with Gasteiger partial charge < -0.3 is 20.4 Å². The fourth-order valence-corrected chi connectivity index (χ4v) is 2.80. The van der Waals surface area contributed by atoms with Gasteiger partial charge in [-0.3, -0.25) is 14.4 Å². The van der Waals surface area contributed by atoms with Gasteiger partial charge in [0, 0.05) is 30.3 Å². The number of anilines is 1. The minimum atomic E-state index is -0.326. The molecule has 7 nitrogen and oxygen atoms in total. The van der Waals surface area contributed by atoms with E-state index >= 15 is 0 Å². The summed E-state index contributed by atoms with van der Waals surface area (Å²) in [7, 11) is 0. The van der Waals surface area contributed by atoms with Crippen molar-refractivity contribution >= 4 is 23.4 Å². The average molecular weight is 405 g/mol. The molecule has 0 spiro atoms. The molecular weight excluding hydrogens is 382 g/mol. The van der Waals surface area contributed by atoms with Crippen molar-refractivity contribution in [3.05, 3.63) is 89.9 Å². The van der Waals surface area contributed by atoms with Crippen molar-refractivity contribution in [3.63, 3.8) is 0 Å². The van der Waals surface area contributed by atoms with Crippen LogP contribution in [0.1, 0.15) is 39.8 Å². The normalized spacial score (nSPS) is 11.4. The van der Waals surface area contributed by atoms with Gasteiger partial charge in [-0.1, -0.05) is 30.3 Å². The van der Waals surface area contributed by atoms with E-state index in [1.54, 1.807) is 55.5 Å². The molecule has 3 rings (SSSR count). The van der Waals surface area contributed by atoms with E-state index in [1.165, 1.54) is 6.26 Å². The van der Waals surface area contributed by atoms with Crippen LogP contribution in [0.15, 0.2) is 77.4 Å². The zero-order chi connectivity index (χ0) is 21.3. The van der Waals surface area contributed by atoms with Crippen LogP contribution in [0.3, 0.4) is 0 Å². The highest BCUT2D eigenvalue weighted by molar-refractivity contribution is 6.02. The van der Waals surface area contributed by atoms with Crippen LogP contribution >= 0.6 is 0 Å². The van der Waals surface area contributed by atoms with E-state index in [2.05, 4.69) is 16.0 Å². The largest absolute Gasteiger partial charge is 0.459 e. The first-order valence-corrected chi connectivity index (χ1v) is 9.57. The summed E-state index contributed by atoms with van der Waals surface area (Å²) >= 11 is 0. The number of nitrogens with one attached hydrogen (secondary N) is 3. The maximum atomic E-state index is 12.2. The number of furan rings is 1. The van der Waals surface area contributed by atoms with E-state index in [-0.39, 0.29) is 35.9 Å². The van der Waals surface area contributed by atoms with Gasteiger partial charge in [-0.2, -0.15) is 0 Å². The van der Waals surface area contributed by atoms with Crippen molar-refractivity contribution in [3.8, 4) is 0 Å². The summed E-state index contributed by atoms with van der Waals surface area (Å²) in [5, 5.41) is 8.38. The first-order valence-electron chi connectivity index (χ1n) is 9.57. The van der Waals surface area contributed by atoms with Gasteiger partial charge in [-0.05, 0) is 48.9 Å². The molecule has 0 bridgehead atoms. The van der Waals surface area contributed by atoms with Crippen LogP contribution in [0.25, 0.3) is 0 Å². The zero-order valence-electron chi connectivity index (χ0n) is 16.6. The van der Waals surface area contributed by atoms with Gasteiger partial charge in [0.1, 0.15) is 0 Å². The van der Waals surface area contributed by atoms with E-state index in [9.17, 15) is 14.4 Å². The molecule has 1 atom stereocenters. The zero-order valence-corrected chi connectivity index (χ0v) is 16.6. The molecule has 0 saturated carbocycles. The van der Waals surface area contributed by atoms with Crippen LogP contribution in [0, 0.1) is 0 Å². The van der Waals surface area contributed by atoms with Crippen molar-refractivity contribution in [2.75, 3.05) is 5.32 Å². The smallest absolute Gasteiger partial charge is 0.291 e. The number of hydrogen-bond acceptors (Lipinski definition) is 4. The molecule has 0 aliphatic heterocycles. The molecule has 2 aromatic carbocycles. The standard InChI is InChI=1S/C23H23N3O4/c1-16(25-22(28)18-6-3-2-4-7-18)14-21(27)24-15-17-9-11-19(12-10-17)26-23(29)20-8-5-13-30-20/h2-13,16H,14-15H2,1H3,(H,24,27)(H,25,28)(H,26,29). The van der Waals surface area contributed by atoms with E-state index in [4.69, 9.17) is 4.42 Å². The number of benzene rings is 2. The average Bonchev–Trinajstić information content (AvgIpc) is 3.29. The summed E-state index contributed by atoms with van der Waals surface area (Å²) < 4.78 is 5.05. The monoisotopic (exact) mass is 405 g/mol. The Morgan fingerprint density at radius 1 is 0.900 bits per heavy atom. The van der Waals surface area contributed by atoms with Crippen LogP contribution < -0.4 is 16.0 Å². The highest BCUT2D eigenvalue weighted by atomic mass is 16.3. The van der Waals surface area contributed by atoms with Gasteiger partial charge in [0.15, 0.2) is 5.76 Å². The third-order valence-electron chi connectivity index (χ3n) is 4.35. The molecule has 7 heteroatoms. The highest BCUT2D eigenvalue weighted by Crippen LogP contribution is 2.12. The Morgan fingerprint density at radius 3 is 2.30 bits per heavy atom. The minimum absolute atomic E-state index is 0.161. The quantitative estimate of drug-likeness (QED) is 0.535. The minimum Gasteiger partial charge on any atom is -0.459 e. The van der Waals surface area contributed by atoms with Gasteiger partial charge in [0.25, 0.3) is 11.8 Å². The molecule has 3 amide bonds. The predicted molar refractivity (Wildman–Crippen MR) is 113 cm³/mol. The second kappa shape index (κ2) is 10.1.